The number of ether oxygens (including phenoxy) is 2. The van der Waals surface area contributed by atoms with Gasteiger partial charge in [-0.2, -0.15) is 4.39 Å². The number of fused-ring (bicyclic) bond motifs is 1. The summed E-state index contributed by atoms with van der Waals surface area (Å²) >= 11 is 0. The molecule has 1 aromatic heterocycles. The third-order valence-corrected chi connectivity index (χ3v) is 6.41. The zero-order valence-corrected chi connectivity index (χ0v) is 17.8. The van der Waals surface area contributed by atoms with Crippen molar-refractivity contribution in [2.75, 3.05) is 13.2 Å². The maximum Gasteiger partial charge on any atom is 0.475 e. The third-order valence-electron chi connectivity index (χ3n) is 4.97. The number of aromatic nitrogens is 2. The van der Waals surface area contributed by atoms with E-state index in [2.05, 4.69) is 0 Å². The molecule has 11 nitrogen and oxygen atoms in total. The zero-order chi connectivity index (χ0) is 22.9. The van der Waals surface area contributed by atoms with E-state index in [1.165, 1.54) is 0 Å². The van der Waals surface area contributed by atoms with Crippen molar-refractivity contribution in [2.24, 2.45) is 0 Å². The van der Waals surface area contributed by atoms with E-state index in [0.29, 0.717) is 5.56 Å². The van der Waals surface area contributed by atoms with E-state index < -0.39 is 49.3 Å². The summed E-state index contributed by atoms with van der Waals surface area (Å²) in [6.07, 6.45) is -1.61. The van der Waals surface area contributed by atoms with Crippen molar-refractivity contribution in [1.29, 1.82) is 0 Å². The van der Waals surface area contributed by atoms with Crippen molar-refractivity contribution >= 4 is 13.8 Å². The predicted octanol–water partition coefficient (Wildman–Crippen LogP) is 1.88. The number of esters is 1. The Morgan fingerprint density at radius 2 is 2.09 bits per heavy atom. The average molecular weight is 470 g/mol. The first kappa shape index (κ1) is 22.6. The molecule has 4 rings (SSSR count). The molecule has 4 atom stereocenters. The molecule has 0 spiro atoms. The molecule has 2 fully saturated rings. The van der Waals surface area contributed by atoms with Crippen LogP contribution in [0.3, 0.4) is 0 Å². The molecule has 3 heterocycles. The number of halogens is 1. The van der Waals surface area contributed by atoms with Crippen LogP contribution in [0.1, 0.15) is 35.5 Å². The van der Waals surface area contributed by atoms with Crippen molar-refractivity contribution in [3.05, 3.63) is 68.2 Å². The number of benzene rings is 1. The predicted molar refractivity (Wildman–Crippen MR) is 105 cm³/mol. The third kappa shape index (κ3) is 4.59. The van der Waals surface area contributed by atoms with Crippen LogP contribution in [0, 0.1) is 5.82 Å². The lowest BCUT2D eigenvalue weighted by Gasteiger charge is -2.29. The molecule has 0 radical (unpaired) electrons. The standard InChI is InChI=1S/C19H20FN2O9P/c1-2-27-18(24)12-6-4-3-5-11(12)9-28-32(26)29-10-15-14(31-32)7-16(30-15)22-8-13(20)17(23)21-19(22)25/h3-6,8,14-16H,2,7,9-10H2,1H3,(H,21,23,25)/t14-,15+,16+,32?/m0/s1. The maximum atomic E-state index is 13.6. The molecule has 13 heteroatoms. The van der Waals surface area contributed by atoms with E-state index in [-0.39, 0.29) is 31.8 Å². The lowest BCUT2D eigenvalue weighted by molar-refractivity contribution is -0.0731. The molecular weight excluding hydrogens is 450 g/mol. The van der Waals surface area contributed by atoms with Gasteiger partial charge in [0, 0.05) is 6.42 Å². The summed E-state index contributed by atoms with van der Waals surface area (Å²) in [6, 6.07) is 6.53. The maximum absolute atomic E-state index is 13.6. The minimum atomic E-state index is -4.01. The first-order valence-corrected chi connectivity index (χ1v) is 11.2. The largest absolute Gasteiger partial charge is 0.475 e. The van der Waals surface area contributed by atoms with E-state index in [1.807, 2.05) is 4.98 Å². The number of phosphoric ester groups is 1. The summed E-state index contributed by atoms with van der Waals surface area (Å²) in [7, 11) is -4.01. The molecule has 1 N–H and O–H groups in total. The number of H-pyrrole nitrogens is 1. The Morgan fingerprint density at radius 1 is 1.31 bits per heavy atom. The van der Waals surface area contributed by atoms with Crippen LogP contribution in [0.4, 0.5) is 4.39 Å². The smallest absolute Gasteiger partial charge is 0.462 e. The highest BCUT2D eigenvalue weighted by atomic mass is 31.2. The van der Waals surface area contributed by atoms with Crippen LogP contribution in [0.15, 0.2) is 40.1 Å². The molecule has 2 saturated heterocycles. The van der Waals surface area contributed by atoms with Crippen LogP contribution >= 0.6 is 7.82 Å². The summed E-state index contributed by atoms with van der Waals surface area (Å²) in [5.41, 5.74) is -1.29. The number of hydrogen-bond acceptors (Lipinski definition) is 9. The summed E-state index contributed by atoms with van der Waals surface area (Å²) in [5.74, 6) is -1.68. The topological polar surface area (TPSA) is 135 Å². The van der Waals surface area contributed by atoms with E-state index in [4.69, 9.17) is 23.0 Å². The van der Waals surface area contributed by atoms with Crippen LogP contribution in [0.2, 0.25) is 0 Å². The molecule has 0 bridgehead atoms. The number of phosphoric acid groups is 1. The highest BCUT2D eigenvalue weighted by Gasteiger charge is 2.48. The molecule has 1 aromatic carbocycles. The van der Waals surface area contributed by atoms with Crippen molar-refractivity contribution in [1.82, 2.24) is 9.55 Å². The average Bonchev–Trinajstić information content (AvgIpc) is 3.18. The fourth-order valence-corrected chi connectivity index (χ4v) is 4.81. The molecule has 0 saturated carbocycles. The highest BCUT2D eigenvalue weighted by molar-refractivity contribution is 7.48. The second kappa shape index (κ2) is 9.08. The monoisotopic (exact) mass is 470 g/mol. The van der Waals surface area contributed by atoms with Crippen molar-refractivity contribution in [2.45, 2.75) is 38.4 Å². The summed E-state index contributed by atoms with van der Waals surface area (Å²) in [5, 5.41) is 0. The minimum absolute atomic E-state index is 0.0478. The van der Waals surface area contributed by atoms with Gasteiger partial charge in [0.2, 0.25) is 5.82 Å². The normalized spacial score (nSPS) is 27.1. The van der Waals surface area contributed by atoms with Gasteiger partial charge in [0.1, 0.15) is 18.4 Å². The van der Waals surface area contributed by atoms with E-state index in [0.717, 1.165) is 10.8 Å². The Balaban J connectivity index is 1.44. The molecule has 2 aliphatic rings. The van der Waals surface area contributed by atoms with Crippen molar-refractivity contribution < 1.29 is 36.8 Å². The molecule has 172 valence electrons. The summed E-state index contributed by atoms with van der Waals surface area (Å²) < 4.78 is 54.2. The Bertz CT molecular complexity index is 1180. The number of carbonyl (C=O) groups is 1. The Labute approximate surface area is 180 Å². The molecular formula is C19H20FN2O9P. The molecule has 32 heavy (non-hydrogen) atoms. The van der Waals surface area contributed by atoms with Gasteiger partial charge in [-0.3, -0.25) is 27.9 Å². The van der Waals surface area contributed by atoms with Gasteiger partial charge < -0.3 is 9.47 Å². The number of carbonyl (C=O) groups excluding carboxylic acids is 1. The van der Waals surface area contributed by atoms with Crippen LogP contribution < -0.4 is 11.2 Å². The number of nitrogens with one attached hydrogen (secondary N) is 1. The van der Waals surface area contributed by atoms with E-state index in [1.54, 1.807) is 31.2 Å². The fourth-order valence-electron chi connectivity index (χ4n) is 3.44. The van der Waals surface area contributed by atoms with Crippen LogP contribution in [0.5, 0.6) is 0 Å². The van der Waals surface area contributed by atoms with Crippen LogP contribution in [-0.4, -0.2) is 40.9 Å². The molecule has 1 unspecified atom stereocenters. The second-order valence-corrected chi connectivity index (χ2v) is 8.67. The van der Waals surface area contributed by atoms with Crippen LogP contribution in [-0.2, 0) is 34.2 Å². The first-order chi connectivity index (χ1) is 15.3. The van der Waals surface area contributed by atoms with Gasteiger partial charge in [-0.05, 0) is 18.6 Å². The zero-order valence-electron chi connectivity index (χ0n) is 16.9. The van der Waals surface area contributed by atoms with Gasteiger partial charge in [0.15, 0.2) is 0 Å². The summed E-state index contributed by atoms with van der Waals surface area (Å²) in [6.45, 7) is 1.49. The van der Waals surface area contributed by atoms with Gasteiger partial charge in [0.25, 0.3) is 5.56 Å². The second-order valence-electron chi connectivity index (χ2n) is 7.05. The van der Waals surface area contributed by atoms with Crippen LogP contribution in [0.25, 0.3) is 0 Å². The Hall–Kier alpha value is -2.63. The van der Waals surface area contributed by atoms with Crippen molar-refractivity contribution in [3.8, 4) is 0 Å². The first-order valence-electron chi connectivity index (χ1n) is 9.78. The number of hydrogen-bond donors (Lipinski definition) is 1. The van der Waals surface area contributed by atoms with Gasteiger partial charge >= 0.3 is 19.5 Å². The van der Waals surface area contributed by atoms with Gasteiger partial charge in [-0.1, -0.05) is 18.2 Å². The van der Waals surface area contributed by atoms with E-state index in [9.17, 15) is 23.3 Å². The number of nitrogens with zero attached hydrogens (tertiary/aromatic N) is 1. The fraction of sp³-hybridized carbons (Fsp3) is 0.421. The molecule has 2 aromatic rings. The Kier molecular flexibility index (Phi) is 6.40. The van der Waals surface area contributed by atoms with Gasteiger partial charge in [-0.25, -0.2) is 14.2 Å². The van der Waals surface area contributed by atoms with Gasteiger partial charge in [-0.15, -0.1) is 0 Å². The molecule has 0 aliphatic carbocycles. The minimum Gasteiger partial charge on any atom is -0.462 e. The highest BCUT2D eigenvalue weighted by Crippen LogP contribution is 2.57. The molecule has 0 amide bonds. The summed E-state index contributed by atoms with van der Waals surface area (Å²) in [4.78, 5) is 37.1. The number of rotatable bonds is 6. The molecule has 2 aliphatic heterocycles. The number of aromatic amines is 1. The lowest BCUT2D eigenvalue weighted by Crippen LogP contribution is -2.34. The SMILES string of the molecule is CCOC(=O)c1ccccc1COP1(=O)OC[C@H]2O[C@@H](n3cc(F)c(=O)[nH]c3=O)C[C@@H]2O1. The van der Waals surface area contributed by atoms with E-state index >= 15 is 0 Å². The lowest BCUT2D eigenvalue weighted by atomic mass is 10.1. The van der Waals surface area contributed by atoms with Crippen molar-refractivity contribution in [3.63, 3.8) is 0 Å². The Morgan fingerprint density at radius 3 is 2.88 bits per heavy atom. The quantitative estimate of drug-likeness (QED) is 0.496. The van der Waals surface area contributed by atoms with Gasteiger partial charge in [0.05, 0.1) is 31.6 Å².